The molecule has 2 N–H and O–H groups in total. The SMILES string of the molecule is CC1=CN=S(N)(=O)C=C1. The molecule has 0 radical (unpaired) electrons. The van der Waals surface area contributed by atoms with Gasteiger partial charge in [0, 0.05) is 11.6 Å². The van der Waals surface area contributed by atoms with Gasteiger partial charge in [0.25, 0.3) is 0 Å². The van der Waals surface area contributed by atoms with Crippen LogP contribution in [0.3, 0.4) is 0 Å². The molecule has 1 aliphatic heterocycles. The second-order valence-corrected chi connectivity index (χ2v) is 3.61. The predicted molar refractivity (Wildman–Crippen MR) is 37.7 cm³/mol. The lowest BCUT2D eigenvalue weighted by molar-refractivity contribution is 0.683. The zero-order chi connectivity index (χ0) is 6.91. The van der Waals surface area contributed by atoms with Crippen molar-refractivity contribution < 1.29 is 4.21 Å². The summed E-state index contributed by atoms with van der Waals surface area (Å²) in [6.07, 6.45) is 3.22. The standard InChI is InChI=1S/C5H8N2OS/c1-5-2-3-9(6,8)7-4-5/h2-4H,1H3,(H2,6,7,8). The summed E-state index contributed by atoms with van der Waals surface area (Å²) in [6, 6.07) is 0. The molecule has 0 saturated heterocycles. The fraction of sp³-hybridized carbons (Fsp3) is 0.200. The summed E-state index contributed by atoms with van der Waals surface area (Å²) in [5.41, 5.74) is 0.972. The van der Waals surface area contributed by atoms with Crippen molar-refractivity contribution in [1.29, 1.82) is 0 Å². The molecule has 1 rings (SSSR count). The Hall–Kier alpha value is -0.610. The highest BCUT2D eigenvalue weighted by molar-refractivity contribution is 7.94. The van der Waals surface area contributed by atoms with E-state index in [1.807, 2.05) is 6.92 Å². The smallest absolute Gasteiger partial charge is 0.132 e. The van der Waals surface area contributed by atoms with Crippen LogP contribution in [-0.4, -0.2) is 4.21 Å². The summed E-state index contributed by atoms with van der Waals surface area (Å²) in [7, 11) is -2.50. The monoisotopic (exact) mass is 144 g/mol. The molecule has 1 atom stereocenters. The Morgan fingerprint density at radius 1 is 1.78 bits per heavy atom. The highest BCUT2D eigenvalue weighted by Crippen LogP contribution is 2.04. The molecule has 9 heavy (non-hydrogen) atoms. The van der Waals surface area contributed by atoms with Crippen molar-refractivity contribution in [3.05, 3.63) is 23.3 Å². The van der Waals surface area contributed by atoms with Crippen molar-refractivity contribution >= 4 is 9.92 Å². The Kier molecular flexibility index (Phi) is 1.42. The molecule has 3 nitrogen and oxygen atoms in total. The van der Waals surface area contributed by atoms with Gasteiger partial charge in [-0.25, -0.2) is 9.35 Å². The molecule has 0 spiro atoms. The molecular formula is C5H8N2OS. The predicted octanol–water partition coefficient (Wildman–Crippen LogP) is 0.759. The van der Waals surface area contributed by atoms with E-state index in [4.69, 9.17) is 5.14 Å². The van der Waals surface area contributed by atoms with Gasteiger partial charge < -0.3 is 0 Å². The van der Waals surface area contributed by atoms with Crippen LogP contribution in [0.1, 0.15) is 6.92 Å². The van der Waals surface area contributed by atoms with Gasteiger partial charge in [-0.2, -0.15) is 4.36 Å². The van der Waals surface area contributed by atoms with Crippen molar-refractivity contribution in [3.63, 3.8) is 0 Å². The molecule has 0 bridgehead atoms. The zero-order valence-corrected chi connectivity index (χ0v) is 5.89. The van der Waals surface area contributed by atoms with E-state index in [1.54, 1.807) is 6.08 Å². The number of nitrogens with zero attached hydrogens (tertiary/aromatic N) is 1. The molecule has 0 saturated carbocycles. The lowest BCUT2D eigenvalue weighted by Gasteiger charge is -1.99. The average molecular weight is 144 g/mol. The van der Waals surface area contributed by atoms with Gasteiger partial charge in [0.2, 0.25) is 0 Å². The van der Waals surface area contributed by atoms with Crippen LogP contribution in [0.2, 0.25) is 0 Å². The number of rotatable bonds is 0. The summed E-state index contributed by atoms with van der Waals surface area (Å²) < 4.78 is 14.4. The average Bonchev–Trinajstić information content (AvgIpc) is 1.78. The molecule has 1 aliphatic rings. The first-order valence-electron chi connectivity index (χ1n) is 2.49. The Bertz CT molecular complexity index is 281. The van der Waals surface area contributed by atoms with Crippen molar-refractivity contribution in [2.75, 3.05) is 0 Å². The highest BCUT2D eigenvalue weighted by Gasteiger charge is 1.96. The van der Waals surface area contributed by atoms with Crippen LogP contribution in [0, 0.1) is 0 Å². The fourth-order valence-corrected chi connectivity index (χ4v) is 1.26. The maximum atomic E-state index is 10.8. The molecule has 0 fully saturated rings. The first-order valence-corrected chi connectivity index (χ1v) is 4.13. The quantitative estimate of drug-likeness (QED) is 0.536. The third-order valence-electron chi connectivity index (χ3n) is 0.947. The molecular weight excluding hydrogens is 136 g/mol. The second-order valence-electron chi connectivity index (χ2n) is 1.90. The Morgan fingerprint density at radius 2 is 2.44 bits per heavy atom. The molecule has 0 amide bonds. The zero-order valence-electron chi connectivity index (χ0n) is 5.07. The van der Waals surface area contributed by atoms with Gasteiger partial charge in [0.05, 0.1) is 0 Å². The first kappa shape index (κ1) is 6.51. The van der Waals surface area contributed by atoms with Crippen LogP contribution in [-0.2, 0) is 9.92 Å². The summed E-state index contributed by atoms with van der Waals surface area (Å²) in [4.78, 5) is 0. The van der Waals surface area contributed by atoms with Gasteiger partial charge in [0.1, 0.15) is 9.92 Å². The van der Waals surface area contributed by atoms with E-state index >= 15 is 0 Å². The minimum atomic E-state index is -2.50. The molecule has 0 aromatic carbocycles. The lowest BCUT2D eigenvalue weighted by atomic mass is 10.3. The van der Waals surface area contributed by atoms with E-state index in [2.05, 4.69) is 4.36 Å². The summed E-state index contributed by atoms with van der Waals surface area (Å²) >= 11 is 0. The van der Waals surface area contributed by atoms with Crippen LogP contribution >= 0.6 is 0 Å². The summed E-state index contributed by atoms with van der Waals surface area (Å²) in [5.74, 6) is 0. The topological polar surface area (TPSA) is 55.4 Å². The van der Waals surface area contributed by atoms with Crippen molar-refractivity contribution in [3.8, 4) is 0 Å². The van der Waals surface area contributed by atoms with Crippen LogP contribution in [0.5, 0.6) is 0 Å². The lowest BCUT2D eigenvalue weighted by Crippen LogP contribution is -2.08. The van der Waals surface area contributed by atoms with Crippen molar-refractivity contribution in [2.45, 2.75) is 6.92 Å². The number of hydrogen-bond donors (Lipinski definition) is 1. The van der Waals surface area contributed by atoms with E-state index in [1.165, 1.54) is 11.6 Å². The highest BCUT2D eigenvalue weighted by atomic mass is 32.2. The fourth-order valence-electron chi connectivity index (χ4n) is 0.448. The Labute approximate surface area is 54.6 Å². The van der Waals surface area contributed by atoms with E-state index in [0.717, 1.165) is 5.57 Å². The van der Waals surface area contributed by atoms with Gasteiger partial charge in [0.15, 0.2) is 0 Å². The normalized spacial score (nSPS) is 33.3. The largest absolute Gasteiger partial charge is 0.241 e. The third-order valence-corrected chi connectivity index (χ3v) is 1.91. The Morgan fingerprint density at radius 3 is 2.78 bits per heavy atom. The van der Waals surface area contributed by atoms with Gasteiger partial charge in [-0.05, 0) is 18.6 Å². The number of nitrogens with two attached hydrogens (primary N) is 1. The number of hydrogen-bond acceptors (Lipinski definition) is 2. The van der Waals surface area contributed by atoms with Crippen LogP contribution in [0.15, 0.2) is 27.6 Å². The van der Waals surface area contributed by atoms with Gasteiger partial charge >= 0.3 is 0 Å². The summed E-state index contributed by atoms with van der Waals surface area (Å²) in [6.45, 7) is 1.87. The van der Waals surface area contributed by atoms with Crippen molar-refractivity contribution in [1.82, 2.24) is 0 Å². The van der Waals surface area contributed by atoms with Gasteiger partial charge in [-0.1, -0.05) is 0 Å². The minimum Gasteiger partial charge on any atom is -0.241 e. The van der Waals surface area contributed by atoms with Crippen molar-refractivity contribution in [2.24, 2.45) is 9.50 Å². The molecule has 0 aliphatic carbocycles. The van der Waals surface area contributed by atoms with Crippen LogP contribution in [0.25, 0.3) is 0 Å². The molecule has 0 aromatic rings. The molecule has 4 heteroatoms. The van der Waals surface area contributed by atoms with E-state index in [-0.39, 0.29) is 0 Å². The van der Waals surface area contributed by atoms with Crippen LogP contribution in [0.4, 0.5) is 0 Å². The van der Waals surface area contributed by atoms with E-state index < -0.39 is 9.92 Å². The second kappa shape index (κ2) is 1.97. The van der Waals surface area contributed by atoms with Crippen LogP contribution < -0.4 is 5.14 Å². The van der Waals surface area contributed by atoms with E-state index in [9.17, 15) is 4.21 Å². The van der Waals surface area contributed by atoms with E-state index in [0.29, 0.717) is 0 Å². The molecule has 0 aromatic heterocycles. The molecule has 1 unspecified atom stereocenters. The Balaban J connectivity index is 3.17. The summed E-state index contributed by atoms with van der Waals surface area (Å²) in [5, 5.41) is 6.59. The van der Waals surface area contributed by atoms with Gasteiger partial charge in [-0.3, -0.25) is 0 Å². The van der Waals surface area contributed by atoms with Gasteiger partial charge in [-0.15, -0.1) is 0 Å². The maximum Gasteiger partial charge on any atom is 0.132 e. The first-order chi connectivity index (χ1) is 4.10. The minimum absolute atomic E-state index is 0.972. The third kappa shape index (κ3) is 1.65. The maximum absolute atomic E-state index is 10.8. The number of allylic oxidation sites excluding steroid dienone is 2. The molecule has 1 heterocycles. The molecule has 50 valence electrons.